The number of nitrogens with zero attached hydrogens (tertiary/aromatic N) is 1. The molecule has 2 unspecified atom stereocenters. The number of aliphatic hydroxyl groups excluding tert-OH is 1. The minimum absolute atomic E-state index is 0.0479. The van der Waals surface area contributed by atoms with E-state index in [2.05, 4.69) is 0 Å². The molecule has 0 radical (unpaired) electrons. The van der Waals surface area contributed by atoms with Gasteiger partial charge in [0.1, 0.15) is 0 Å². The van der Waals surface area contributed by atoms with Gasteiger partial charge in [-0.05, 0) is 18.6 Å². The zero-order valence-electron chi connectivity index (χ0n) is 10.3. The smallest absolute Gasteiger partial charge is 0.238 e. The Kier molecular flexibility index (Phi) is 4.12. The van der Waals surface area contributed by atoms with E-state index in [0.717, 1.165) is 5.56 Å². The second-order valence-electron chi connectivity index (χ2n) is 4.41. The monoisotopic (exact) mass is 247 g/mol. The van der Waals surface area contributed by atoms with Crippen LogP contribution in [-0.2, 0) is 16.1 Å². The molecule has 0 spiro atoms. The van der Waals surface area contributed by atoms with Crippen molar-refractivity contribution in [3.8, 4) is 0 Å². The second-order valence-corrected chi connectivity index (χ2v) is 4.41. The van der Waals surface area contributed by atoms with E-state index in [-0.39, 0.29) is 11.8 Å². The van der Waals surface area contributed by atoms with Crippen molar-refractivity contribution in [3.63, 3.8) is 0 Å². The first-order valence-electron chi connectivity index (χ1n) is 5.99. The Balaban J connectivity index is 1.90. The molecular weight excluding hydrogens is 230 g/mol. The third-order valence-electron chi connectivity index (χ3n) is 2.94. The average Bonchev–Trinajstić information content (AvgIpc) is 2.37. The van der Waals surface area contributed by atoms with Crippen molar-refractivity contribution in [2.75, 3.05) is 0 Å². The second kappa shape index (κ2) is 5.80. The van der Waals surface area contributed by atoms with Crippen molar-refractivity contribution >= 4 is 5.78 Å². The molecule has 1 N–H and O–H groups in total. The maximum absolute atomic E-state index is 11.2. The van der Waals surface area contributed by atoms with E-state index >= 15 is 0 Å². The van der Waals surface area contributed by atoms with E-state index in [1.165, 1.54) is 6.08 Å². The largest absolute Gasteiger partial charge is 0.351 e. The maximum Gasteiger partial charge on any atom is 0.238 e. The number of ether oxygens (including phenoxy) is 1. The van der Waals surface area contributed by atoms with Crippen LogP contribution in [0, 0.1) is 0 Å². The van der Waals surface area contributed by atoms with Crippen LogP contribution in [0.2, 0.25) is 0 Å². The van der Waals surface area contributed by atoms with Gasteiger partial charge in [-0.3, -0.25) is 4.79 Å². The molecule has 0 aliphatic carbocycles. The molecule has 0 bridgehead atoms. The highest BCUT2D eigenvalue weighted by Crippen LogP contribution is 2.16. The lowest BCUT2D eigenvalue weighted by molar-refractivity contribution is -0.195. The molecule has 0 saturated heterocycles. The van der Waals surface area contributed by atoms with E-state index < -0.39 is 6.41 Å². The number of benzene rings is 1. The summed E-state index contributed by atoms with van der Waals surface area (Å²) in [6, 6.07) is 9.60. The number of hydrogen-bond acceptors (Lipinski definition) is 4. The number of hydrogen-bond donors (Lipinski definition) is 1. The number of carbonyl (C=O) groups is 1. The molecule has 2 rings (SSSR count). The normalized spacial score (nSPS) is 21.1. The number of carbonyl (C=O) groups excluding carboxylic acids is 1. The van der Waals surface area contributed by atoms with Gasteiger partial charge in [-0.15, -0.1) is 0 Å². The van der Waals surface area contributed by atoms with Gasteiger partial charge in [-0.1, -0.05) is 30.3 Å². The van der Waals surface area contributed by atoms with Gasteiger partial charge in [0.2, 0.25) is 6.41 Å². The minimum Gasteiger partial charge on any atom is -0.351 e. The summed E-state index contributed by atoms with van der Waals surface area (Å²) in [5.41, 5.74) is 1.00. The number of aliphatic hydroxyl groups is 1. The fourth-order valence-electron chi connectivity index (χ4n) is 1.90. The summed E-state index contributed by atoms with van der Waals surface area (Å²) in [5.74, 6) is 0.0778. The molecule has 1 aliphatic rings. The van der Waals surface area contributed by atoms with Gasteiger partial charge in [0.25, 0.3) is 0 Å². The Hall–Kier alpha value is -1.65. The molecule has 0 saturated carbocycles. The Morgan fingerprint density at radius 2 is 2.17 bits per heavy atom. The molecule has 0 fully saturated rings. The quantitative estimate of drug-likeness (QED) is 0.822. The van der Waals surface area contributed by atoms with Crippen LogP contribution in [0.25, 0.3) is 0 Å². The SMILES string of the molecule is CC1CC(=O)C=CN1C(O)OCc1ccccc1. The lowest BCUT2D eigenvalue weighted by Crippen LogP contribution is -2.42. The van der Waals surface area contributed by atoms with Gasteiger partial charge >= 0.3 is 0 Å². The Bertz CT molecular complexity index is 430. The molecule has 4 nitrogen and oxygen atoms in total. The molecule has 1 heterocycles. The zero-order chi connectivity index (χ0) is 13.0. The molecule has 2 atom stereocenters. The molecule has 18 heavy (non-hydrogen) atoms. The summed E-state index contributed by atoms with van der Waals surface area (Å²) in [7, 11) is 0. The third-order valence-corrected chi connectivity index (χ3v) is 2.94. The van der Waals surface area contributed by atoms with E-state index in [1.807, 2.05) is 37.3 Å². The predicted molar refractivity (Wildman–Crippen MR) is 67.3 cm³/mol. The van der Waals surface area contributed by atoms with E-state index in [4.69, 9.17) is 4.74 Å². The van der Waals surface area contributed by atoms with E-state index in [0.29, 0.717) is 13.0 Å². The lowest BCUT2D eigenvalue weighted by atomic mass is 10.1. The summed E-state index contributed by atoms with van der Waals surface area (Å²) < 4.78 is 5.39. The number of allylic oxidation sites excluding steroid dienone is 1. The lowest BCUT2D eigenvalue weighted by Gasteiger charge is -2.33. The van der Waals surface area contributed by atoms with Crippen LogP contribution < -0.4 is 0 Å². The van der Waals surface area contributed by atoms with Crippen molar-refractivity contribution < 1.29 is 14.6 Å². The molecule has 0 aromatic heterocycles. The van der Waals surface area contributed by atoms with Crippen LogP contribution in [0.1, 0.15) is 18.9 Å². The summed E-state index contributed by atoms with van der Waals surface area (Å²) in [6.45, 7) is 2.23. The van der Waals surface area contributed by atoms with Crippen molar-refractivity contribution in [1.29, 1.82) is 0 Å². The molecule has 96 valence electrons. The maximum atomic E-state index is 11.2. The van der Waals surface area contributed by atoms with Crippen LogP contribution in [0.15, 0.2) is 42.6 Å². The predicted octanol–water partition coefficient (Wildman–Crippen LogP) is 1.66. The van der Waals surface area contributed by atoms with Crippen molar-refractivity contribution in [1.82, 2.24) is 4.90 Å². The Morgan fingerprint density at radius 1 is 1.44 bits per heavy atom. The van der Waals surface area contributed by atoms with Gasteiger partial charge < -0.3 is 14.7 Å². The van der Waals surface area contributed by atoms with Gasteiger partial charge in [0, 0.05) is 18.7 Å². The molecule has 1 aromatic carbocycles. The fourth-order valence-corrected chi connectivity index (χ4v) is 1.90. The summed E-state index contributed by atoms with van der Waals surface area (Å²) in [5, 5.41) is 9.93. The zero-order valence-corrected chi connectivity index (χ0v) is 10.3. The van der Waals surface area contributed by atoms with Crippen molar-refractivity contribution in [3.05, 3.63) is 48.2 Å². The molecule has 4 heteroatoms. The van der Waals surface area contributed by atoms with Crippen LogP contribution >= 0.6 is 0 Å². The Labute approximate surface area is 106 Å². The molecular formula is C14H17NO3. The molecule has 1 aromatic rings. The topological polar surface area (TPSA) is 49.8 Å². The van der Waals surface area contributed by atoms with Crippen molar-refractivity contribution in [2.45, 2.75) is 32.4 Å². The van der Waals surface area contributed by atoms with E-state index in [9.17, 15) is 9.90 Å². The molecule has 0 amide bonds. The average molecular weight is 247 g/mol. The van der Waals surface area contributed by atoms with Crippen LogP contribution in [0.4, 0.5) is 0 Å². The summed E-state index contributed by atoms with van der Waals surface area (Å²) in [4.78, 5) is 12.8. The standard InChI is InChI=1S/C14H17NO3/c1-11-9-13(16)7-8-15(11)14(17)18-10-12-5-3-2-4-6-12/h2-8,11,14,17H,9-10H2,1H3. The first-order chi connectivity index (χ1) is 8.66. The van der Waals surface area contributed by atoms with Crippen LogP contribution in [-0.4, -0.2) is 28.2 Å². The highest BCUT2D eigenvalue weighted by atomic mass is 16.6. The number of rotatable bonds is 4. The van der Waals surface area contributed by atoms with Gasteiger partial charge in [0.15, 0.2) is 5.78 Å². The van der Waals surface area contributed by atoms with Gasteiger partial charge in [-0.2, -0.15) is 0 Å². The first kappa shape index (κ1) is 12.8. The van der Waals surface area contributed by atoms with Crippen LogP contribution in [0.3, 0.4) is 0 Å². The third kappa shape index (κ3) is 3.18. The van der Waals surface area contributed by atoms with E-state index in [1.54, 1.807) is 11.1 Å². The van der Waals surface area contributed by atoms with Gasteiger partial charge in [0.05, 0.1) is 6.61 Å². The van der Waals surface area contributed by atoms with Gasteiger partial charge in [-0.25, -0.2) is 0 Å². The minimum atomic E-state index is -1.02. The number of ketones is 1. The Morgan fingerprint density at radius 3 is 2.83 bits per heavy atom. The van der Waals surface area contributed by atoms with Crippen molar-refractivity contribution in [2.24, 2.45) is 0 Å². The summed E-state index contributed by atoms with van der Waals surface area (Å²) in [6.07, 6.45) is 2.44. The molecule has 1 aliphatic heterocycles. The highest BCUT2D eigenvalue weighted by Gasteiger charge is 2.23. The highest BCUT2D eigenvalue weighted by molar-refractivity contribution is 5.90. The summed E-state index contributed by atoms with van der Waals surface area (Å²) >= 11 is 0. The first-order valence-corrected chi connectivity index (χ1v) is 5.99. The van der Waals surface area contributed by atoms with Crippen LogP contribution in [0.5, 0.6) is 0 Å². The fraction of sp³-hybridized carbons (Fsp3) is 0.357.